The summed E-state index contributed by atoms with van der Waals surface area (Å²) in [5, 5.41) is 5.74. The molecular formula is C11H24N2O2. The Morgan fingerprint density at radius 1 is 1.33 bits per heavy atom. The molecule has 0 rings (SSSR count). The highest BCUT2D eigenvalue weighted by molar-refractivity contribution is 5.66. The highest BCUT2D eigenvalue weighted by Crippen LogP contribution is 2.14. The number of amides is 1. The number of hydrogen-bond donors (Lipinski definition) is 2. The largest absolute Gasteiger partial charge is 0.449 e. The Kier molecular flexibility index (Phi) is 8.09. The summed E-state index contributed by atoms with van der Waals surface area (Å²) in [6.07, 6.45) is 2.93. The zero-order valence-electron chi connectivity index (χ0n) is 10.3. The van der Waals surface area contributed by atoms with E-state index in [2.05, 4.69) is 24.5 Å². The molecule has 1 amide bonds. The van der Waals surface area contributed by atoms with Crippen LogP contribution >= 0.6 is 0 Å². The number of rotatable bonds is 7. The quantitative estimate of drug-likeness (QED) is 0.681. The summed E-state index contributed by atoms with van der Waals surface area (Å²) in [7, 11) is 3.54. The van der Waals surface area contributed by atoms with E-state index in [1.807, 2.05) is 7.05 Å². The first kappa shape index (κ1) is 14.2. The topological polar surface area (TPSA) is 50.4 Å². The Balaban J connectivity index is 4.02. The van der Waals surface area contributed by atoms with Crippen molar-refractivity contribution in [3.8, 4) is 0 Å². The normalized spacial score (nSPS) is 14.4. The zero-order chi connectivity index (χ0) is 11.7. The van der Waals surface area contributed by atoms with Gasteiger partial charge in [-0.1, -0.05) is 20.3 Å². The second-order valence-electron chi connectivity index (χ2n) is 3.70. The molecular weight excluding hydrogens is 192 g/mol. The number of alkyl carbamates (subject to hydrolysis) is 1. The van der Waals surface area contributed by atoms with E-state index in [1.54, 1.807) is 7.05 Å². The van der Waals surface area contributed by atoms with Crippen molar-refractivity contribution in [1.82, 2.24) is 10.6 Å². The third kappa shape index (κ3) is 5.62. The monoisotopic (exact) mass is 216 g/mol. The first-order valence-corrected chi connectivity index (χ1v) is 5.71. The van der Waals surface area contributed by atoms with E-state index < -0.39 is 0 Å². The van der Waals surface area contributed by atoms with E-state index in [4.69, 9.17) is 4.74 Å². The number of hydrogen-bond acceptors (Lipinski definition) is 3. The summed E-state index contributed by atoms with van der Waals surface area (Å²) in [6, 6.07) is 0.435. The molecule has 0 spiro atoms. The maximum atomic E-state index is 10.9. The molecule has 2 unspecified atom stereocenters. The smallest absolute Gasteiger partial charge is 0.406 e. The van der Waals surface area contributed by atoms with Crippen molar-refractivity contribution in [1.29, 1.82) is 0 Å². The van der Waals surface area contributed by atoms with Gasteiger partial charge in [0.2, 0.25) is 0 Å². The summed E-state index contributed by atoms with van der Waals surface area (Å²) < 4.78 is 5.08. The Bertz CT molecular complexity index is 174. The average Bonchev–Trinajstić information content (AvgIpc) is 2.27. The minimum Gasteiger partial charge on any atom is -0.449 e. The molecule has 0 fully saturated rings. The van der Waals surface area contributed by atoms with Crippen molar-refractivity contribution in [2.45, 2.75) is 39.2 Å². The van der Waals surface area contributed by atoms with Gasteiger partial charge in [0.1, 0.15) is 0 Å². The van der Waals surface area contributed by atoms with Crippen LogP contribution in [0.3, 0.4) is 0 Å². The lowest BCUT2D eigenvalue weighted by Gasteiger charge is -2.25. The van der Waals surface area contributed by atoms with Crippen molar-refractivity contribution in [3.05, 3.63) is 0 Å². The molecule has 0 heterocycles. The highest BCUT2D eigenvalue weighted by atomic mass is 16.5. The van der Waals surface area contributed by atoms with Crippen LogP contribution in [0.2, 0.25) is 0 Å². The van der Waals surface area contributed by atoms with Gasteiger partial charge in [-0.05, 0) is 19.9 Å². The average molecular weight is 216 g/mol. The highest BCUT2D eigenvalue weighted by Gasteiger charge is 2.18. The Labute approximate surface area is 92.8 Å². The SMILES string of the molecule is CCCC(NC)C(CC)COC(=O)NC. The van der Waals surface area contributed by atoms with Crippen LogP contribution in [0.4, 0.5) is 4.79 Å². The molecule has 4 nitrogen and oxygen atoms in total. The lowest BCUT2D eigenvalue weighted by molar-refractivity contribution is 0.115. The van der Waals surface area contributed by atoms with Crippen LogP contribution in [-0.2, 0) is 4.74 Å². The summed E-state index contributed by atoms with van der Waals surface area (Å²) in [4.78, 5) is 10.9. The zero-order valence-corrected chi connectivity index (χ0v) is 10.3. The predicted octanol–water partition coefficient (Wildman–Crippen LogP) is 1.76. The van der Waals surface area contributed by atoms with Crippen molar-refractivity contribution in [2.24, 2.45) is 5.92 Å². The van der Waals surface area contributed by atoms with Gasteiger partial charge in [0, 0.05) is 19.0 Å². The fraction of sp³-hybridized carbons (Fsp3) is 0.909. The van der Waals surface area contributed by atoms with Gasteiger partial charge in [0.05, 0.1) is 6.61 Å². The number of ether oxygens (including phenoxy) is 1. The van der Waals surface area contributed by atoms with Crippen LogP contribution in [-0.4, -0.2) is 32.8 Å². The summed E-state index contributed by atoms with van der Waals surface area (Å²) in [6.45, 7) is 4.77. The molecule has 0 saturated carbocycles. The van der Waals surface area contributed by atoms with E-state index in [0.717, 1.165) is 19.3 Å². The van der Waals surface area contributed by atoms with E-state index in [9.17, 15) is 4.79 Å². The molecule has 0 radical (unpaired) electrons. The molecule has 0 bridgehead atoms. The third-order valence-electron chi connectivity index (χ3n) is 2.70. The van der Waals surface area contributed by atoms with Crippen LogP contribution in [0.1, 0.15) is 33.1 Å². The standard InChI is InChI=1S/C11H24N2O2/c1-5-7-10(12-3)9(6-2)8-15-11(14)13-4/h9-10,12H,5-8H2,1-4H3,(H,13,14). The van der Waals surface area contributed by atoms with Gasteiger partial charge < -0.3 is 15.4 Å². The summed E-state index contributed by atoms with van der Waals surface area (Å²) in [5.41, 5.74) is 0. The van der Waals surface area contributed by atoms with E-state index in [-0.39, 0.29) is 6.09 Å². The predicted molar refractivity (Wildman–Crippen MR) is 61.9 cm³/mol. The molecule has 0 aromatic rings. The van der Waals surface area contributed by atoms with Crippen LogP contribution in [0, 0.1) is 5.92 Å². The maximum absolute atomic E-state index is 10.9. The van der Waals surface area contributed by atoms with Gasteiger partial charge in [-0.2, -0.15) is 0 Å². The molecule has 0 aliphatic heterocycles. The molecule has 4 heteroatoms. The Hall–Kier alpha value is -0.770. The molecule has 15 heavy (non-hydrogen) atoms. The Morgan fingerprint density at radius 3 is 2.40 bits per heavy atom. The fourth-order valence-corrected chi connectivity index (χ4v) is 1.70. The first-order chi connectivity index (χ1) is 7.19. The van der Waals surface area contributed by atoms with Crippen molar-refractivity contribution < 1.29 is 9.53 Å². The molecule has 0 aliphatic rings. The van der Waals surface area contributed by atoms with Crippen molar-refractivity contribution >= 4 is 6.09 Å². The van der Waals surface area contributed by atoms with Crippen LogP contribution in [0.5, 0.6) is 0 Å². The number of carbonyl (C=O) groups is 1. The minimum atomic E-state index is -0.347. The van der Waals surface area contributed by atoms with Crippen LogP contribution in [0.15, 0.2) is 0 Å². The molecule has 0 aliphatic carbocycles. The van der Waals surface area contributed by atoms with Crippen molar-refractivity contribution in [3.63, 3.8) is 0 Å². The molecule has 0 aromatic heterocycles. The Morgan fingerprint density at radius 2 is 2.00 bits per heavy atom. The molecule has 0 aromatic carbocycles. The van der Waals surface area contributed by atoms with Gasteiger partial charge in [-0.15, -0.1) is 0 Å². The van der Waals surface area contributed by atoms with Gasteiger partial charge in [0.15, 0.2) is 0 Å². The molecule has 0 saturated heterocycles. The van der Waals surface area contributed by atoms with Gasteiger partial charge in [-0.3, -0.25) is 0 Å². The van der Waals surface area contributed by atoms with Crippen LogP contribution in [0.25, 0.3) is 0 Å². The van der Waals surface area contributed by atoms with E-state index >= 15 is 0 Å². The second-order valence-corrected chi connectivity index (χ2v) is 3.70. The lowest BCUT2D eigenvalue weighted by atomic mass is 9.94. The van der Waals surface area contributed by atoms with E-state index in [1.165, 1.54) is 0 Å². The van der Waals surface area contributed by atoms with Crippen molar-refractivity contribution in [2.75, 3.05) is 20.7 Å². The summed E-state index contributed by atoms with van der Waals surface area (Å²) in [5.74, 6) is 0.396. The minimum absolute atomic E-state index is 0.347. The van der Waals surface area contributed by atoms with Gasteiger partial charge in [-0.25, -0.2) is 4.79 Å². The molecule has 90 valence electrons. The van der Waals surface area contributed by atoms with Crippen LogP contribution < -0.4 is 10.6 Å². The summed E-state index contributed by atoms with van der Waals surface area (Å²) >= 11 is 0. The lowest BCUT2D eigenvalue weighted by Crippen LogP contribution is -2.37. The number of nitrogens with one attached hydrogen (secondary N) is 2. The number of carbonyl (C=O) groups excluding carboxylic acids is 1. The molecule has 2 N–H and O–H groups in total. The van der Waals surface area contributed by atoms with Gasteiger partial charge in [0.25, 0.3) is 0 Å². The van der Waals surface area contributed by atoms with Gasteiger partial charge >= 0.3 is 6.09 Å². The second kappa shape index (κ2) is 8.53. The molecule has 2 atom stereocenters. The fourth-order valence-electron chi connectivity index (χ4n) is 1.70. The maximum Gasteiger partial charge on any atom is 0.406 e. The van der Waals surface area contributed by atoms with E-state index in [0.29, 0.717) is 18.6 Å². The first-order valence-electron chi connectivity index (χ1n) is 5.71. The third-order valence-corrected chi connectivity index (χ3v) is 2.70.